The van der Waals surface area contributed by atoms with Crippen LogP contribution in [0.15, 0.2) is 30.3 Å². The smallest absolute Gasteiger partial charge is 0.407 e. The summed E-state index contributed by atoms with van der Waals surface area (Å²) >= 11 is 0. The van der Waals surface area contributed by atoms with Crippen LogP contribution in [0, 0.1) is 0 Å². The molecule has 0 radical (unpaired) electrons. The second-order valence-corrected chi connectivity index (χ2v) is 4.55. The molecule has 94 valence electrons. The molecule has 0 aromatic heterocycles. The predicted molar refractivity (Wildman–Crippen MR) is 67.8 cm³/mol. The number of carbonyl (C=O) groups excluding carboxylic acids is 1. The molecule has 0 fully saturated rings. The molecule has 0 heterocycles. The Bertz CT molecular complexity index is 350. The van der Waals surface area contributed by atoms with E-state index in [2.05, 4.69) is 10.6 Å². The molecule has 0 bridgehead atoms. The lowest BCUT2D eigenvalue weighted by atomic mass is 10.1. The molecule has 0 atom stereocenters. The van der Waals surface area contributed by atoms with Crippen molar-refractivity contribution in [3.63, 3.8) is 0 Å². The maximum Gasteiger partial charge on any atom is 0.407 e. The first-order valence-electron chi connectivity index (χ1n) is 5.67. The van der Waals surface area contributed by atoms with E-state index in [-0.39, 0.29) is 5.54 Å². The van der Waals surface area contributed by atoms with Crippen LogP contribution in [0.1, 0.15) is 19.4 Å². The van der Waals surface area contributed by atoms with E-state index in [0.717, 1.165) is 5.56 Å². The highest BCUT2D eigenvalue weighted by Gasteiger charge is 2.15. The molecule has 17 heavy (non-hydrogen) atoms. The van der Waals surface area contributed by atoms with Gasteiger partial charge in [0, 0.05) is 12.1 Å². The summed E-state index contributed by atoms with van der Waals surface area (Å²) in [5.74, 6) is 0. The molecule has 0 unspecified atom stereocenters. The van der Waals surface area contributed by atoms with Crippen molar-refractivity contribution in [3.05, 3.63) is 35.9 Å². The maximum absolute atomic E-state index is 11.4. The fourth-order valence-electron chi connectivity index (χ4n) is 1.16. The summed E-state index contributed by atoms with van der Waals surface area (Å²) in [6.07, 6.45) is -0.392. The van der Waals surface area contributed by atoms with Crippen LogP contribution in [-0.4, -0.2) is 25.2 Å². The van der Waals surface area contributed by atoms with Crippen molar-refractivity contribution in [2.45, 2.75) is 26.0 Å². The number of amides is 1. The zero-order chi connectivity index (χ0) is 12.7. The van der Waals surface area contributed by atoms with Gasteiger partial charge in [0.1, 0.15) is 6.61 Å². The largest absolute Gasteiger partial charge is 0.445 e. The van der Waals surface area contributed by atoms with Gasteiger partial charge in [0.2, 0.25) is 0 Å². The molecule has 1 amide bonds. The topological polar surface area (TPSA) is 50.4 Å². The molecule has 0 spiro atoms. The van der Waals surface area contributed by atoms with E-state index in [1.165, 1.54) is 0 Å². The third-order valence-electron chi connectivity index (χ3n) is 2.56. The van der Waals surface area contributed by atoms with E-state index in [0.29, 0.717) is 13.2 Å². The van der Waals surface area contributed by atoms with Crippen LogP contribution in [0.4, 0.5) is 4.79 Å². The fraction of sp³-hybridized carbons (Fsp3) is 0.462. The van der Waals surface area contributed by atoms with E-state index in [1.54, 1.807) is 0 Å². The molecule has 4 nitrogen and oxygen atoms in total. The third kappa shape index (κ3) is 5.36. The Morgan fingerprint density at radius 1 is 1.29 bits per heavy atom. The van der Waals surface area contributed by atoms with Gasteiger partial charge in [-0.3, -0.25) is 0 Å². The average molecular weight is 236 g/mol. The Kier molecular flexibility index (Phi) is 4.97. The van der Waals surface area contributed by atoms with Crippen LogP contribution in [0.5, 0.6) is 0 Å². The van der Waals surface area contributed by atoms with Gasteiger partial charge in [-0.25, -0.2) is 4.79 Å². The summed E-state index contributed by atoms with van der Waals surface area (Å²) in [5.41, 5.74) is 0.849. The van der Waals surface area contributed by atoms with Gasteiger partial charge < -0.3 is 15.4 Å². The predicted octanol–water partition coefficient (Wildman–Crippen LogP) is 1.91. The van der Waals surface area contributed by atoms with Gasteiger partial charge in [0.15, 0.2) is 0 Å². The van der Waals surface area contributed by atoms with Crippen molar-refractivity contribution in [2.75, 3.05) is 13.6 Å². The van der Waals surface area contributed by atoms with Gasteiger partial charge in [-0.2, -0.15) is 0 Å². The van der Waals surface area contributed by atoms with Crippen molar-refractivity contribution < 1.29 is 9.53 Å². The number of ether oxygens (including phenoxy) is 1. The van der Waals surface area contributed by atoms with Crippen molar-refractivity contribution in [1.82, 2.24) is 10.6 Å². The monoisotopic (exact) mass is 236 g/mol. The molecule has 1 aromatic carbocycles. The van der Waals surface area contributed by atoms with E-state index in [4.69, 9.17) is 4.74 Å². The Hall–Kier alpha value is -1.55. The summed E-state index contributed by atoms with van der Waals surface area (Å²) in [6.45, 7) is 4.83. The lowest BCUT2D eigenvalue weighted by Crippen LogP contribution is -2.47. The van der Waals surface area contributed by atoms with Crippen LogP contribution >= 0.6 is 0 Å². The number of rotatable bonds is 5. The summed E-state index contributed by atoms with van der Waals surface area (Å²) < 4.78 is 5.09. The minimum absolute atomic E-state index is 0.133. The second kappa shape index (κ2) is 6.25. The number of alkyl carbamates (subject to hydrolysis) is 1. The van der Waals surface area contributed by atoms with Crippen LogP contribution < -0.4 is 10.6 Å². The van der Waals surface area contributed by atoms with Gasteiger partial charge in [0.25, 0.3) is 0 Å². The summed E-state index contributed by atoms with van der Waals surface area (Å²) in [6, 6.07) is 9.61. The molecule has 0 saturated heterocycles. The first-order valence-corrected chi connectivity index (χ1v) is 5.67. The lowest BCUT2D eigenvalue weighted by molar-refractivity contribution is 0.137. The SMILES string of the molecule is CNC(C)(C)CNC(=O)OCc1ccccc1. The number of hydrogen-bond donors (Lipinski definition) is 2. The highest BCUT2D eigenvalue weighted by molar-refractivity contribution is 5.67. The Morgan fingerprint density at radius 3 is 2.53 bits per heavy atom. The first kappa shape index (κ1) is 13.5. The minimum Gasteiger partial charge on any atom is -0.445 e. The highest BCUT2D eigenvalue weighted by atomic mass is 16.5. The molecule has 0 aliphatic rings. The van der Waals surface area contributed by atoms with Gasteiger partial charge in [-0.05, 0) is 26.5 Å². The van der Waals surface area contributed by atoms with Crippen molar-refractivity contribution in [1.29, 1.82) is 0 Å². The molecule has 1 rings (SSSR count). The molecule has 4 heteroatoms. The van der Waals surface area contributed by atoms with Crippen molar-refractivity contribution in [2.24, 2.45) is 0 Å². The quantitative estimate of drug-likeness (QED) is 0.821. The van der Waals surface area contributed by atoms with Crippen LogP contribution in [-0.2, 0) is 11.3 Å². The first-order chi connectivity index (χ1) is 8.03. The van der Waals surface area contributed by atoms with Gasteiger partial charge in [-0.15, -0.1) is 0 Å². The summed E-state index contributed by atoms with van der Waals surface area (Å²) in [4.78, 5) is 11.4. The number of nitrogens with one attached hydrogen (secondary N) is 2. The number of benzene rings is 1. The molecule has 0 saturated carbocycles. The average Bonchev–Trinajstić information content (AvgIpc) is 2.35. The minimum atomic E-state index is -0.392. The molecular formula is C13H20N2O2. The molecule has 0 aliphatic heterocycles. The summed E-state index contributed by atoms with van der Waals surface area (Å²) in [7, 11) is 1.86. The van der Waals surface area contributed by atoms with E-state index in [9.17, 15) is 4.79 Å². The standard InChI is InChI=1S/C13H20N2O2/c1-13(2,14-3)10-15-12(16)17-9-11-7-5-4-6-8-11/h4-8,14H,9-10H2,1-3H3,(H,15,16). The number of hydrogen-bond acceptors (Lipinski definition) is 3. The Labute approximate surface area is 102 Å². The van der Waals surface area contributed by atoms with Crippen LogP contribution in [0.25, 0.3) is 0 Å². The highest BCUT2D eigenvalue weighted by Crippen LogP contribution is 2.01. The Morgan fingerprint density at radius 2 is 1.94 bits per heavy atom. The lowest BCUT2D eigenvalue weighted by Gasteiger charge is -2.23. The zero-order valence-electron chi connectivity index (χ0n) is 10.6. The van der Waals surface area contributed by atoms with E-state index >= 15 is 0 Å². The van der Waals surface area contributed by atoms with Gasteiger partial charge in [0.05, 0.1) is 0 Å². The van der Waals surface area contributed by atoms with Crippen molar-refractivity contribution in [3.8, 4) is 0 Å². The number of likely N-dealkylation sites (N-methyl/N-ethyl adjacent to an activating group) is 1. The number of carbonyl (C=O) groups is 1. The van der Waals surface area contributed by atoms with Crippen LogP contribution in [0.2, 0.25) is 0 Å². The molecule has 2 N–H and O–H groups in total. The Balaban J connectivity index is 2.27. The van der Waals surface area contributed by atoms with Gasteiger partial charge >= 0.3 is 6.09 Å². The third-order valence-corrected chi connectivity index (χ3v) is 2.56. The summed E-state index contributed by atoms with van der Waals surface area (Å²) in [5, 5.41) is 5.82. The normalized spacial score (nSPS) is 11.0. The second-order valence-electron chi connectivity index (χ2n) is 4.55. The molecule has 0 aliphatic carbocycles. The molecule has 1 aromatic rings. The zero-order valence-corrected chi connectivity index (χ0v) is 10.6. The van der Waals surface area contributed by atoms with Crippen molar-refractivity contribution >= 4 is 6.09 Å². The molecular weight excluding hydrogens is 216 g/mol. The van der Waals surface area contributed by atoms with Crippen LogP contribution in [0.3, 0.4) is 0 Å². The van der Waals surface area contributed by atoms with Gasteiger partial charge in [-0.1, -0.05) is 30.3 Å². The fourth-order valence-corrected chi connectivity index (χ4v) is 1.16. The maximum atomic E-state index is 11.4. The van der Waals surface area contributed by atoms with E-state index in [1.807, 2.05) is 51.2 Å². The van der Waals surface area contributed by atoms with E-state index < -0.39 is 6.09 Å².